The lowest BCUT2D eigenvalue weighted by molar-refractivity contribution is -0.115. The number of ether oxygens (including phenoxy) is 1. The Morgan fingerprint density at radius 2 is 2.33 bits per heavy atom. The van der Waals surface area contributed by atoms with Crippen LogP contribution in [0.4, 0.5) is 0 Å². The van der Waals surface area contributed by atoms with Crippen LogP contribution in [-0.4, -0.2) is 29.8 Å². The van der Waals surface area contributed by atoms with Crippen molar-refractivity contribution in [2.24, 2.45) is 11.8 Å². The molecule has 1 unspecified atom stereocenters. The summed E-state index contributed by atoms with van der Waals surface area (Å²) in [6, 6.07) is 0.122. The predicted octanol–water partition coefficient (Wildman–Crippen LogP) is 2.84. The van der Waals surface area contributed by atoms with Gasteiger partial charge in [0.25, 0.3) is 0 Å². The van der Waals surface area contributed by atoms with Crippen LogP contribution < -0.4 is 0 Å². The molecule has 0 radical (unpaired) electrons. The molecule has 2 rings (SSSR count). The highest BCUT2D eigenvalue weighted by Crippen LogP contribution is 2.38. The third-order valence-corrected chi connectivity index (χ3v) is 4.14. The van der Waals surface area contributed by atoms with Crippen molar-refractivity contribution >= 4 is 22.2 Å². The molecule has 100 valence electrons. The minimum Gasteiger partial charge on any atom is -0.384 e. The summed E-state index contributed by atoms with van der Waals surface area (Å²) in [5, 5.41) is 4.37. The molecule has 2 atom stereocenters. The highest BCUT2D eigenvalue weighted by molar-refractivity contribution is 9.10. The number of aromatic nitrogens is 2. The number of aldehydes is 1. The van der Waals surface area contributed by atoms with Gasteiger partial charge in [-0.2, -0.15) is 5.10 Å². The van der Waals surface area contributed by atoms with Crippen LogP contribution >= 0.6 is 15.9 Å². The normalized spacial score (nSPS) is 19.9. The molecule has 4 nitrogen and oxygen atoms in total. The maximum atomic E-state index is 11.3. The first-order chi connectivity index (χ1) is 8.76. The first kappa shape index (κ1) is 13.7. The molecule has 18 heavy (non-hydrogen) atoms. The Balaban J connectivity index is 2.23. The standard InChI is InChI=1S/C13H19BrN2O2/c1-18-9-11(8-17)13(10-4-2-3-5-10)16-7-12(14)6-15-16/h6-8,10-11,13H,2-5,9H2,1H3/t11?,13-/m0/s1. The minimum absolute atomic E-state index is 0.120. The Hall–Kier alpha value is -0.680. The number of nitrogens with zero attached hydrogens (tertiary/aromatic N) is 2. The number of rotatable bonds is 6. The largest absolute Gasteiger partial charge is 0.384 e. The van der Waals surface area contributed by atoms with Crippen molar-refractivity contribution in [3.63, 3.8) is 0 Å². The van der Waals surface area contributed by atoms with Crippen molar-refractivity contribution < 1.29 is 9.53 Å². The highest BCUT2D eigenvalue weighted by Gasteiger charge is 2.33. The first-order valence-corrected chi connectivity index (χ1v) is 7.19. The number of hydrogen-bond acceptors (Lipinski definition) is 3. The Labute approximate surface area is 116 Å². The summed E-state index contributed by atoms with van der Waals surface area (Å²) in [5.74, 6) is 0.409. The topological polar surface area (TPSA) is 44.1 Å². The first-order valence-electron chi connectivity index (χ1n) is 6.40. The molecule has 0 saturated heterocycles. The lowest BCUT2D eigenvalue weighted by Crippen LogP contribution is -2.30. The zero-order chi connectivity index (χ0) is 13.0. The van der Waals surface area contributed by atoms with Gasteiger partial charge in [0.2, 0.25) is 0 Å². The van der Waals surface area contributed by atoms with Gasteiger partial charge >= 0.3 is 0 Å². The van der Waals surface area contributed by atoms with Crippen molar-refractivity contribution in [3.05, 3.63) is 16.9 Å². The zero-order valence-corrected chi connectivity index (χ0v) is 12.2. The van der Waals surface area contributed by atoms with Crippen LogP contribution in [0.1, 0.15) is 31.7 Å². The fourth-order valence-corrected chi connectivity index (χ4v) is 3.25. The molecule has 0 amide bonds. The number of carbonyl (C=O) groups excluding carboxylic acids is 1. The quantitative estimate of drug-likeness (QED) is 0.758. The molecule has 5 heteroatoms. The molecule has 1 aromatic rings. The molecular weight excluding hydrogens is 296 g/mol. The smallest absolute Gasteiger partial charge is 0.127 e. The van der Waals surface area contributed by atoms with Gasteiger partial charge in [0.15, 0.2) is 0 Å². The van der Waals surface area contributed by atoms with E-state index < -0.39 is 0 Å². The van der Waals surface area contributed by atoms with Gasteiger partial charge in [-0.25, -0.2) is 0 Å². The molecule has 1 aliphatic rings. The van der Waals surface area contributed by atoms with Gasteiger partial charge in [0.05, 0.1) is 29.2 Å². The monoisotopic (exact) mass is 314 g/mol. The van der Waals surface area contributed by atoms with Crippen LogP contribution in [0.25, 0.3) is 0 Å². The van der Waals surface area contributed by atoms with Gasteiger partial charge in [-0.3, -0.25) is 4.68 Å². The number of methoxy groups -OCH3 is 1. The van der Waals surface area contributed by atoms with Crippen molar-refractivity contribution in [3.8, 4) is 0 Å². The van der Waals surface area contributed by atoms with Crippen LogP contribution in [0.15, 0.2) is 16.9 Å². The summed E-state index contributed by atoms with van der Waals surface area (Å²) in [4.78, 5) is 11.3. The van der Waals surface area contributed by atoms with Gasteiger partial charge in [-0.15, -0.1) is 0 Å². The van der Waals surface area contributed by atoms with Crippen LogP contribution in [0.5, 0.6) is 0 Å². The highest BCUT2D eigenvalue weighted by atomic mass is 79.9. The second kappa shape index (κ2) is 6.48. The Bertz CT molecular complexity index is 388. The van der Waals surface area contributed by atoms with Gasteiger partial charge < -0.3 is 9.53 Å². The number of hydrogen-bond donors (Lipinski definition) is 0. The van der Waals surface area contributed by atoms with Gasteiger partial charge in [0.1, 0.15) is 6.29 Å². The van der Waals surface area contributed by atoms with Crippen LogP contribution in [0.3, 0.4) is 0 Å². The average molecular weight is 315 g/mol. The Morgan fingerprint density at radius 3 is 2.83 bits per heavy atom. The van der Waals surface area contributed by atoms with Gasteiger partial charge in [-0.05, 0) is 34.7 Å². The second-order valence-electron chi connectivity index (χ2n) is 4.93. The molecule has 0 bridgehead atoms. The molecule has 0 aliphatic heterocycles. The van der Waals surface area contributed by atoms with E-state index in [1.54, 1.807) is 13.3 Å². The maximum absolute atomic E-state index is 11.3. The fourth-order valence-electron chi connectivity index (χ4n) is 2.95. The zero-order valence-electron chi connectivity index (χ0n) is 10.6. The summed E-state index contributed by atoms with van der Waals surface area (Å²) in [6.07, 6.45) is 9.60. The molecule has 0 N–H and O–H groups in total. The van der Waals surface area contributed by atoms with E-state index in [1.165, 1.54) is 25.7 Å². The number of carbonyl (C=O) groups is 1. The Morgan fingerprint density at radius 1 is 1.61 bits per heavy atom. The van der Waals surface area contributed by atoms with Crippen molar-refractivity contribution in [1.82, 2.24) is 9.78 Å². The minimum atomic E-state index is -0.120. The van der Waals surface area contributed by atoms with E-state index in [0.29, 0.717) is 12.5 Å². The Kier molecular flexibility index (Phi) is 4.95. The van der Waals surface area contributed by atoms with E-state index in [4.69, 9.17) is 4.74 Å². The molecule has 1 heterocycles. The van der Waals surface area contributed by atoms with E-state index in [9.17, 15) is 4.79 Å². The third kappa shape index (κ3) is 3.01. The summed E-state index contributed by atoms with van der Waals surface area (Å²) in [7, 11) is 1.64. The van der Waals surface area contributed by atoms with Crippen LogP contribution in [0, 0.1) is 11.8 Å². The third-order valence-electron chi connectivity index (χ3n) is 3.73. The van der Waals surface area contributed by atoms with Crippen LogP contribution in [-0.2, 0) is 9.53 Å². The van der Waals surface area contributed by atoms with Crippen LogP contribution in [0.2, 0.25) is 0 Å². The van der Waals surface area contributed by atoms with Crippen molar-refractivity contribution in [2.75, 3.05) is 13.7 Å². The average Bonchev–Trinajstić information content (AvgIpc) is 3.01. The molecule has 0 spiro atoms. The molecule has 1 saturated carbocycles. The van der Waals surface area contributed by atoms with E-state index in [1.807, 2.05) is 10.9 Å². The molecule has 1 aromatic heterocycles. The van der Waals surface area contributed by atoms with Crippen molar-refractivity contribution in [1.29, 1.82) is 0 Å². The lowest BCUT2D eigenvalue weighted by atomic mass is 9.88. The fraction of sp³-hybridized carbons (Fsp3) is 0.692. The summed E-state index contributed by atoms with van der Waals surface area (Å²) < 4.78 is 8.06. The second-order valence-corrected chi connectivity index (χ2v) is 5.84. The van der Waals surface area contributed by atoms with Gasteiger partial charge in [0, 0.05) is 13.3 Å². The molecule has 1 fully saturated rings. The van der Waals surface area contributed by atoms with E-state index in [0.717, 1.165) is 10.8 Å². The summed E-state index contributed by atoms with van der Waals surface area (Å²) in [5.41, 5.74) is 0. The van der Waals surface area contributed by atoms with E-state index >= 15 is 0 Å². The number of halogens is 1. The van der Waals surface area contributed by atoms with Crippen molar-refractivity contribution in [2.45, 2.75) is 31.7 Å². The lowest BCUT2D eigenvalue weighted by Gasteiger charge is -2.28. The van der Waals surface area contributed by atoms with E-state index in [-0.39, 0.29) is 12.0 Å². The maximum Gasteiger partial charge on any atom is 0.127 e. The van der Waals surface area contributed by atoms with E-state index in [2.05, 4.69) is 21.0 Å². The van der Waals surface area contributed by atoms with Gasteiger partial charge in [-0.1, -0.05) is 12.8 Å². The SMILES string of the molecule is COCC(C=O)[C@H](C1CCCC1)n1cc(Br)cn1. The summed E-state index contributed by atoms with van der Waals surface area (Å²) in [6.45, 7) is 0.460. The predicted molar refractivity (Wildman–Crippen MR) is 72.4 cm³/mol. The molecule has 1 aliphatic carbocycles. The molecular formula is C13H19BrN2O2. The summed E-state index contributed by atoms with van der Waals surface area (Å²) >= 11 is 3.42. The molecule has 0 aromatic carbocycles.